The maximum Gasteiger partial charge on any atom is 0.293 e. The molecule has 0 aliphatic carbocycles. The molecule has 2 rings (SSSR count). The number of hydrogen-bond acceptors (Lipinski definition) is 4. The molecule has 1 aliphatic rings. The fraction of sp³-hybridized carbons (Fsp3) is 0.400. The first kappa shape index (κ1) is 11.3. The van der Waals surface area contributed by atoms with Crippen LogP contribution in [0.2, 0.25) is 0 Å². The molecule has 0 aromatic heterocycles. The van der Waals surface area contributed by atoms with Crippen LogP contribution >= 0.6 is 15.9 Å². The first-order valence-corrected chi connectivity index (χ1v) is 5.81. The van der Waals surface area contributed by atoms with Crippen molar-refractivity contribution < 1.29 is 4.92 Å². The lowest BCUT2D eigenvalue weighted by Crippen LogP contribution is -2.26. The van der Waals surface area contributed by atoms with E-state index < -0.39 is 0 Å². The van der Waals surface area contributed by atoms with Crippen molar-refractivity contribution >= 4 is 27.3 Å². The average Bonchev–Trinajstić information content (AvgIpc) is 2.64. The van der Waals surface area contributed by atoms with E-state index in [1.54, 1.807) is 6.07 Å². The zero-order chi connectivity index (χ0) is 11.7. The van der Waals surface area contributed by atoms with Gasteiger partial charge in [-0.25, -0.2) is 0 Å². The van der Waals surface area contributed by atoms with Gasteiger partial charge in [0.1, 0.15) is 5.69 Å². The van der Waals surface area contributed by atoms with E-state index in [0.717, 1.165) is 13.0 Å². The smallest absolute Gasteiger partial charge is 0.293 e. The zero-order valence-corrected chi connectivity index (χ0v) is 10.2. The molecule has 2 N–H and O–H groups in total. The van der Waals surface area contributed by atoms with E-state index in [0.29, 0.717) is 16.7 Å². The van der Waals surface area contributed by atoms with E-state index in [9.17, 15) is 10.1 Å². The van der Waals surface area contributed by atoms with E-state index in [-0.39, 0.29) is 16.7 Å². The third kappa shape index (κ3) is 2.17. The van der Waals surface area contributed by atoms with Crippen molar-refractivity contribution in [2.75, 3.05) is 18.0 Å². The molecule has 1 fully saturated rings. The van der Waals surface area contributed by atoms with Crippen LogP contribution < -0.4 is 10.6 Å². The number of nitrogens with two attached hydrogens (primary N) is 1. The summed E-state index contributed by atoms with van der Waals surface area (Å²) in [7, 11) is 0. The molecule has 0 spiro atoms. The van der Waals surface area contributed by atoms with Crippen LogP contribution in [-0.2, 0) is 0 Å². The van der Waals surface area contributed by atoms with Gasteiger partial charge >= 0.3 is 0 Å². The number of anilines is 1. The molecule has 1 aromatic carbocycles. The maximum atomic E-state index is 10.9. The summed E-state index contributed by atoms with van der Waals surface area (Å²) >= 11 is 3.24. The molecule has 1 atom stereocenters. The number of hydrogen-bond donors (Lipinski definition) is 1. The molecular formula is C10H12BrN3O2. The van der Waals surface area contributed by atoms with Crippen LogP contribution in [0.4, 0.5) is 11.4 Å². The van der Waals surface area contributed by atoms with Crippen molar-refractivity contribution in [3.63, 3.8) is 0 Å². The second-order valence-corrected chi connectivity index (χ2v) is 4.80. The minimum absolute atomic E-state index is 0.114. The van der Waals surface area contributed by atoms with Gasteiger partial charge in [-0.15, -0.1) is 0 Å². The monoisotopic (exact) mass is 285 g/mol. The van der Waals surface area contributed by atoms with Crippen LogP contribution in [0.25, 0.3) is 0 Å². The van der Waals surface area contributed by atoms with E-state index >= 15 is 0 Å². The SMILES string of the molecule is NC1CCN(c2ccc(Br)cc2[N+](=O)[O-])C1. The van der Waals surface area contributed by atoms with E-state index in [1.165, 1.54) is 6.07 Å². The average molecular weight is 286 g/mol. The summed E-state index contributed by atoms with van der Waals surface area (Å²) in [5.41, 5.74) is 6.58. The molecular weight excluding hydrogens is 274 g/mol. The minimum Gasteiger partial charge on any atom is -0.364 e. The molecule has 1 aromatic rings. The normalized spacial score (nSPS) is 20.1. The first-order valence-electron chi connectivity index (χ1n) is 5.02. The Labute approximate surface area is 102 Å². The standard InChI is InChI=1S/C10H12BrN3O2/c11-7-1-2-9(10(5-7)14(15)16)13-4-3-8(12)6-13/h1-2,5,8H,3-4,6,12H2. The first-order chi connectivity index (χ1) is 7.58. The molecule has 0 amide bonds. The van der Waals surface area contributed by atoms with Gasteiger partial charge in [0.05, 0.1) is 4.92 Å². The van der Waals surface area contributed by atoms with Gasteiger partial charge in [0.25, 0.3) is 5.69 Å². The lowest BCUT2D eigenvalue weighted by Gasteiger charge is -2.17. The third-order valence-electron chi connectivity index (χ3n) is 2.70. The van der Waals surface area contributed by atoms with Gasteiger partial charge in [-0.1, -0.05) is 15.9 Å². The molecule has 1 saturated heterocycles. The second-order valence-electron chi connectivity index (χ2n) is 3.88. The molecule has 0 saturated carbocycles. The minimum atomic E-state index is -0.357. The lowest BCUT2D eigenvalue weighted by atomic mass is 10.2. The predicted molar refractivity (Wildman–Crippen MR) is 65.6 cm³/mol. The van der Waals surface area contributed by atoms with Gasteiger partial charge in [0.15, 0.2) is 0 Å². The highest BCUT2D eigenvalue weighted by molar-refractivity contribution is 9.10. The number of benzene rings is 1. The van der Waals surface area contributed by atoms with Crippen LogP contribution in [-0.4, -0.2) is 24.1 Å². The molecule has 16 heavy (non-hydrogen) atoms. The van der Waals surface area contributed by atoms with E-state index in [2.05, 4.69) is 15.9 Å². The van der Waals surface area contributed by atoms with Crippen LogP contribution in [0.1, 0.15) is 6.42 Å². The Morgan fingerprint density at radius 2 is 2.31 bits per heavy atom. The predicted octanol–water partition coefficient (Wildman–Crippen LogP) is 1.89. The van der Waals surface area contributed by atoms with Crippen molar-refractivity contribution in [3.8, 4) is 0 Å². The summed E-state index contributed by atoms with van der Waals surface area (Å²) in [5.74, 6) is 0. The van der Waals surface area contributed by atoms with Crippen LogP contribution in [0.3, 0.4) is 0 Å². The van der Waals surface area contributed by atoms with Crippen molar-refractivity contribution in [1.29, 1.82) is 0 Å². The molecule has 1 aliphatic heterocycles. The summed E-state index contributed by atoms with van der Waals surface area (Å²) in [6.07, 6.45) is 0.882. The number of nitrogens with zero attached hydrogens (tertiary/aromatic N) is 2. The largest absolute Gasteiger partial charge is 0.364 e. The number of nitro benzene ring substituents is 1. The Hall–Kier alpha value is -1.14. The highest BCUT2D eigenvalue weighted by Gasteiger charge is 2.25. The fourth-order valence-corrected chi connectivity index (χ4v) is 2.27. The van der Waals surface area contributed by atoms with Crippen molar-refractivity contribution in [2.45, 2.75) is 12.5 Å². The zero-order valence-electron chi connectivity index (χ0n) is 8.60. The van der Waals surface area contributed by atoms with Crippen molar-refractivity contribution in [3.05, 3.63) is 32.8 Å². The lowest BCUT2D eigenvalue weighted by molar-refractivity contribution is -0.384. The van der Waals surface area contributed by atoms with Gasteiger partial charge in [-0.05, 0) is 18.6 Å². The molecule has 86 valence electrons. The highest BCUT2D eigenvalue weighted by Crippen LogP contribution is 2.32. The summed E-state index contributed by atoms with van der Waals surface area (Å²) in [4.78, 5) is 12.5. The Balaban J connectivity index is 2.36. The summed E-state index contributed by atoms with van der Waals surface area (Å²) < 4.78 is 0.714. The Bertz CT molecular complexity index is 425. The molecule has 0 bridgehead atoms. The summed E-state index contributed by atoms with van der Waals surface area (Å²) in [6.45, 7) is 1.46. The Kier molecular flexibility index (Phi) is 3.11. The number of halogens is 1. The van der Waals surface area contributed by atoms with Crippen LogP contribution in [0.5, 0.6) is 0 Å². The van der Waals surface area contributed by atoms with Crippen molar-refractivity contribution in [2.24, 2.45) is 5.73 Å². The Morgan fingerprint density at radius 3 is 2.88 bits per heavy atom. The number of nitro groups is 1. The van der Waals surface area contributed by atoms with Gasteiger partial charge < -0.3 is 10.6 Å². The van der Waals surface area contributed by atoms with Gasteiger partial charge in [-0.3, -0.25) is 10.1 Å². The van der Waals surface area contributed by atoms with Crippen LogP contribution in [0.15, 0.2) is 22.7 Å². The van der Waals surface area contributed by atoms with E-state index in [4.69, 9.17) is 5.73 Å². The maximum absolute atomic E-state index is 10.9. The third-order valence-corrected chi connectivity index (χ3v) is 3.19. The van der Waals surface area contributed by atoms with Gasteiger partial charge in [0, 0.05) is 29.7 Å². The van der Waals surface area contributed by atoms with Crippen molar-refractivity contribution in [1.82, 2.24) is 0 Å². The second kappa shape index (κ2) is 4.39. The van der Waals surface area contributed by atoms with E-state index in [1.807, 2.05) is 11.0 Å². The Morgan fingerprint density at radius 1 is 1.56 bits per heavy atom. The topological polar surface area (TPSA) is 72.4 Å². The number of rotatable bonds is 2. The molecule has 1 heterocycles. The molecule has 1 unspecified atom stereocenters. The molecule has 6 heteroatoms. The summed E-state index contributed by atoms with van der Waals surface area (Å²) in [5, 5.41) is 10.9. The van der Waals surface area contributed by atoms with Gasteiger partial charge in [0.2, 0.25) is 0 Å². The molecule has 0 radical (unpaired) electrons. The van der Waals surface area contributed by atoms with Gasteiger partial charge in [-0.2, -0.15) is 0 Å². The van der Waals surface area contributed by atoms with Crippen LogP contribution in [0, 0.1) is 10.1 Å². The highest BCUT2D eigenvalue weighted by atomic mass is 79.9. The quantitative estimate of drug-likeness (QED) is 0.665. The molecule has 5 nitrogen and oxygen atoms in total. The summed E-state index contributed by atoms with van der Waals surface area (Å²) in [6, 6.07) is 5.22. The fourth-order valence-electron chi connectivity index (χ4n) is 1.92.